The predicted molar refractivity (Wildman–Crippen MR) is 113 cm³/mol. The first kappa shape index (κ1) is 18.6. The smallest absolute Gasteiger partial charge is 0.261 e. The molecule has 1 amide bonds. The van der Waals surface area contributed by atoms with Crippen molar-refractivity contribution in [3.05, 3.63) is 34.9 Å². The van der Waals surface area contributed by atoms with Crippen LogP contribution in [-0.2, 0) is 11.3 Å². The summed E-state index contributed by atoms with van der Waals surface area (Å²) in [7, 11) is 0. The van der Waals surface area contributed by atoms with E-state index < -0.39 is 0 Å². The number of aromatic nitrogens is 2. The third-order valence-electron chi connectivity index (χ3n) is 6.59. The van der Waals surface area contributed by atoms with E-state index in [1.807, 2.05) is 18.2 Å². The largest absolute Gasteiger partial charge is 0.369 e. The topological polar surface area (TPSA) is 70.5 Å². The Kier molecular flexibility index (Phi) is 4.99. The Labute approximate surface area is 170 Å². The SMILES string of the molecule is O=C1NCCCCC1N1CCN(c2ccc3c(=O)n(CC4CC4)cnc3c2)CC1. The zero-order chi connectivity index (χ0) is 19.8. The van der Waals surface area contributed by atoms with Crippen LogP contribution in [0, 0.1) is 5.92 Å². The molecule has 0 bridgehead atoms. The molecule has 1 saturated carbocycles. The molecule has 2 aromatic rings. The van der Waals surface area contributed by atoms with E-state index in [1.165, 1.54) is 12.8 Å². The summed E-state index contributed by atoms with van der Waals surface area (Å²) in [5.74, 6) is 0.839. The molecule has 7 nitrogen and oxygen atoms in total. The van der Waals surface area contributed by atoms with Gasteiger partial charge in [0.25, 0.3) is 5.56 Å². The van der Waals surface area contributed by atoms with E-state index in [0.29, 0.717) is 11.3 Å². The van der Waals surface area contributed by atoms with E-state index in [4.69, 9.17) is 0 Å². The monoisotopic (exact) mass is 395 g/mol. The number of nitrogens with one attached hydrogen (secondary N) is 1. The van der Waals surface area contributed by atoms with Crippen molar-refractivity contribution in [2.45, 2.75) is 44.7 Å². The minimum Gasteiger partial charge on any atom is -0.369 e. The summed E-state index contributed by atoms with van der Waals surface area (Å²) in [6.45, 7) is 5.13. The molecule has 1 unspecified atom stereocenters. The van der Waals surface area contributed by atoms with E-state index in [2.05, 4.69) is 20.1 Å². The number of benzene rings is 1. The van der Waals surface area contributed by atoms with E-state index >= 15 is 0 Å². The van der Waals surface area contributed by atoms with Gasteiger partial charge in [0, 0.05) is 45.0 Å². The fourth-order valence-electron chi connectivity index (χ4n) is 4.62. The fourth-order valence-corrected chi connectivity index (χ4v) is 4.62. The quantitative estimate of drug-likeness (QED) is 0.852. The van der Waals surface area contributed by atoms with Gasteiger partial charge in [-0.25, -0.2) is 4.98 Å². The van der Waals surface area contributed by atoms with Crippen LogP contribution >= 0.6 is 0 Å². The highest BCUT2D eigenvalue weighted by atomic mass is 16.2. The first-order valence-electron chi connectivity index (χ1n) is 10.9. The van der Waals surface area contributed by atoms with E-state index in [0.717, 1.165) is 69.7 Å². The standard InChI is InChI=1S/C22H29N5O2/c28-21-20(3-1-2-8-23-21)26-11-9-25(10-12-26)17-6-7-18-19(13-17)24-15-27(22(18)29)14-16-4-5-16/h6-7,13,15-16,20H,1-5,8-12,14H2,(H,23,28). The van der Waals surface area contributed by atoms with Crippen molar-refractivity contribution < 1.29 is 4.79 Å². The normalized spacial score (nSPS) is 23.8. The maximum absolute atomic E-state index is 12.7. The van der Waals surface area contributed by atoms with E-state index in [9.17, 15) is 9.59 Å². The van der Waals surface area contributed by atoms with Gasteiger partial charge in [0.1, 0.15) is 0 Å². The van der Waals surface area contributed by atoms with Gasteiger partial charge in [-0.15, -0.1) is 0 Å². The lowest BCUT2D eigenvalue weighted by Crippen LogP contribution is -2.54. The molecule has 154 valence electrons. The van der Waals surface area contributed by atoms with Gasteiger partial charge < -0.3 is 10.2 Å². The Balaban J connectivity index is 1.29. The number of hydrogen-bond acceptors (Lipinski definition) is 5. The fraction of sp³-hybridized carbons (Fsp3) is 0.591. The number of anilines is 1. The molecule has 1 aromatic heterocycles. The molecular weight excluding hydrogens is 366 g/mol. The van der Waals surface area contributed by atoms with Crippen molar-refractivity contribution in [1.29, 1.82) is 0 Å². The third-order valence-corrected chi connectivity index (χ3v) is 6.59. The first-order valence-corrected chi connectivity index (χ1v) is 10.9. The van der Waals surface area contributed by atoms with Crippen LogP contribution in [0.3, 0.4) is 0 Å². The van der Waals surface area contributed by atoms with Gasteiger partial charge >= 0.3 is 0 Å². The second kappa shape index (κ2) is 7.78. The van der Waals surface area contributed by atoms with Gasteiger partial charge in [0.05, 0.1) is 23.3 Å². The molecule has 1 N–H and O–H groups in total. The number of hydrogen-bond donors (Lipinski definition) is 1. The molecule has 2 saturated heterocycles. The molecule has 7 heteroatoms. The van der Waals surface area contributed by atoms with Crippen LogP contribution < -0.4 is 15.8 Å². The van der Waals surface area contributed by atoms with Crippen LogP contribution in [0.25, 0.3) is 10.9 Å². The summed E-state index contributed by atoms with van der Waals surface area (Å²) in [6.07, 6.45) is 7.29. The van der Waals surface area contributed by atoms with Crippen LogP contribution in [0.1, 0.15) is 32.1 Å². The first-order chi connectivity index (χ1) is 14.2. The maximum atomic E-state index is 12.7. The number of rotatable bonds is 4. The van der Waals surface area contributed by atoms with Gasteiger partial charge in [-0.1, -0.05) is 0 Å². The number of amides is 1. The van der Waals surface area contributed by atoms with Gasteiger partial charge in [0.2, 0.25) is 5.91 Å². The van der Waals surface area contributed by atoms with Crippen LogP contribution in [0.15, 0.2) is 29.3 Å². The Bertz CT molecular complexity index is 959. The second-order valence-electron chi connectivity index (χ2n) is 8.67. The highest BCUT2D eigenvalue weighted by Crippen LogP contribution is 2.30. The number of nitrogens with zero attached hydrogens (tertiary/aromatic N) is 4. The second-order valence-corrected chi connectivity index (χ2v) is 8.67. The lowest BCUT2D eigenvalue weighted by molar-refractivity contribution is -0.126. The molecular formula is C22H29N5O2. The molecule has 1 aliphatic carbocycles. The van der Waals surface area contributed by atoms with Crippen LogP contribution in [0.4, 0.5) is 5.69 Å². The molecule has 1 aromatic carbocycles. The average Bonchev–Trinajstić information content (AvgIpc) is 3.58. The van der Waals surface area contributed by atoms with Crippen LogP contribution in [0.2, 0.25) is 0 Å². The molecule has 3 heterocycles. The molecule has 29 heavy (non-hydrogen) atoms. The van der Waals surface area contributed by atoms with Gasteiger partial charge in [-0.2, -0.15) is 0 Å². The average molecular weight is 396 g/mol. The zero-order valence-electron chi connectivity index (χ0n) is 16.8. The van der Waals surface area contributed by atoms with Crippen molar-refractivity contribution in [2.24, 2.45) is 5.92 Å². The Morgan fingerprint density at radius 1 is 1.03 bits per heavy atom. The summed E-state index contributed by atoms with van der Waals surface area (Å²) >= 11 is 0. The lowest BCUT2D eigenvalue weighted by atomic mass is 10.1. The highest BCUT2D eigenvalue weighted by molar-refractivity contribution is 5.82. The Morgan fingerprint density at radius 2 is 1.86 bits per heavy atom. The van der Waals surface area contributed by atoms with Gasteiger partial charge in [0.15, 0.2) is 0 Å². The van der Waals surface area contributed by atoms with E-state index in [-0.39, 0.29) is 17.5 Å². The molecule has 3 fully saturated rings. The van der Waals surface area contributed by atoms with Crippen molar-refractivity contribution in [1.82, 2.24) is 19.8 Å². The molecule has 5 rings (SSSR count). The van der Waals surface area contributed by atoms with Gasteiger partial charge in [-0.05, 0) is 56.2 Å². The molecule has 3 aliphatic rings. The Hall–Kier alpha value is -2.41. The third kappa shape index (κ3) is 3.88. The zero-order valence-corrected chi connectivity index (χ0v) is 16.8. The van der Waals surface area contributed by atoms with Crippen molar-refractivity contribution in [3.8, 4) is 0 Å². The number of carbonyl (C=O) groups is 1. The van der Waals surface area contributed by atoms with Crippen molar-refractivity contribution >= 4 is 22.5 Å². The summed E-state index contributed by atoms with van der Waals surface area (Å²) in [5.41, 5.74) is 1.94. The number of piperazine rings is 1. The van der Waals surface area contributed by atoms with Crippen LogP contribution in [-0.4, -0.2) is 59.1 Å². The summed E-state index contributed by atoms with van der Waals surface area (Å²) in [6, 6.07) is 6.02. The predicted octanol–water partition coefficient (Wildman–Crippen LogP) is 1.60. The molecule has 1 atom stereocenters. The minimum atomic E-state index is 0.0165. The Morgan fingerprint density at radius 3 is 2.66 bits per heavy atom. The van der Waals surface area contributed by atoms with Crippen LogP contribution in [0.5, 0.6) is 0 Å². The van der Waals surface area contributed by atoms with Crippen molar-refractivity contribution in [3.63, 3.8) is 0 Å². The van der Waals surface area contributed by atoms with Gasteiger partial charge in [-0.3, -0.25) is 19.1 Å². The number of fused-ring (bicyclic) bond motifs is 1. The summed E-state index contributed by atoms with van der Waals surface area (Å²) < 4.78 is 1.76. The lowest BCUT2D eigenvalue weighted by Gasteiger charge is -2.39. The van der Waals surface area contributed by atoms with Crippen molar-refractivity contribution in [2.75, 3.05) is 37.6 Å². The highest BCUT2D eigenvalue weighted by Gasteiger charge is 2.30. The summed E-state index contributed by atoms with van der Waals surface area (Å²) in [5, 5.41) is 3.75. The maximum Gasteiger partial charge on any atom is 0.261 e. The molecule has 0 spiro atoms. The summed E-state index contributed by atoms with van der Waals surface area (Å²) in [4.78, 5) is 34.3. The van der Waals surface area contributed by atoms with E-state index in [1.54, 1.807) is 10.9 Å². The molecule has 2 aliphatic heterocycles. The number of carbonyl (C=O) groups excluding carboxylic acids is 1. The molecule has 0 radical (unpaired) electrons. The minimum absolute atomic E-state index is 0.0165.